The molecule has 1 aliphatic rings. The zero-order valence-electron chi connectivity index (χ0n) is 16.5. The number of benzene rings is 2. The Morgan fingerprint density at radius 3 is 2.27 bits per heavy atom. The molecule has 0 bridgehead atoms. The van der Waals surface area contributed by atoms with Gasteiger partial charge in [0.25, 0.3) is 5.56 Å². The third kappa shape index (κ3) is 5.30. The smallest absolute Gasteiger partial charge is 0.329 e. The number of hydrogen-bond acceptors (Lipinski definition) is 5. The van der Waals surface area contributed by atoms with Crippen molar-refractivity contribution in [2.45, 2.75) is 36.4 Å². The van der Waals surface area contributed by atoms with Crippen LogP contribution in [0.15, 0.2) is 82.5 Å². The molecule has 0 amide bonds. The summed E-state index contributed by atoms with van der Waals surface area (Å²) in [6, 6.07) is 21.4. The average molecular weight is 425 g/mol. The van der Waals surface area contributed by atoms with Crippen molar-refractivity contribution in [2.75, 3.05) is 6.61 Å². The van der Waals surface area contributed by atoms with Gasteiger partial charge >= 0.3 is 5.69 Å². The standard InChI is InChI=1S/C23H24N2O4S/c26-21-11-12-25(23(27)24-21)22-13-19(29-15-18-9-5-2-6-10-18)20(30-22)16-28-14-17-7-3-1-4-8-17/h1-12,19-20,22H,13-16H2,(H,24,26,27)/t19-,20-,22-/m0/s1. The van der Waals surface area contributed by atoms with Crippen LogP contribution in [0.1, 0.15) is 22.9 Å². The van der Waals surface area contributed by atoms with Crippen LogP contribution in [0.3, 0.4) is 0 Å². The maximum atomic E-state index is 12.2. The molecule has 0 saturated carbocycles. The summed E-state index contributed by atoms with van der Waals surface area (Å²) in [5.74, 6) is 0. The molecule has 1 aromatic heterocycles. The third-order valence-electron chi connectivity index (χ3n) is 5.04. The zero-order valence-corrected chi connectivity index (χ0v) is 17.3. The lowest BCUT2D eigenvalue weighted by molar-refractivity contribution is 0.0135. The molecule has 3 aromatic rings. The quantitative estimate of drug-likeness (QED) is 0.600. The first-order valence-electron chi connectivity index (χ1n) is 9.93. The van der Waals surface area contributed by atoms with E-state index in [9.17, 15) is 9.59 Å². The molecular formula is C23H24N2O4S. The first kappa shape index (κ1) is 20.7. The number of H-pyrrole nitrogens is 1. The van der Waals surface area contributed by atoms with E-state index < -0.39 is 5.69 Å². The molecule has 1 saturated heterocycles. The lowest BCUT2D eigenvalue weighted by atomic mass is 10.1. The number of nitrogens with zero attached hydrogens (tertiary/aromatic N) is 1. The van der Waals surface area contributed by atoms with Crippen molar-refractivity contribution in [1.29, 1.82) is 0 Å². The normalized spacial score (nSPS) is 21.0. The molecule has 2 aromatic carbocycles. The Labute approximate surface area is 178 Å². The van der Waals surface area contributed by atoms with Crippen LogP contribution >= 0.6 is 11.8 Å². The largest absolute Gasteiger partial charge is 0.376 e. The summed E-state index contributed by atoms with van der Waals surface area (Å²) >= 11 is 1.65. The number of rotatable bonds is 8. The van der Waals surface area contributed by atoms with Gasteiger partial charge in [-0.05, 0) is 11.1 Å². The predicted octanol–water partition coefficient (Wildman–Crippen LogP) is 3.34. The summed E-state index contributed by atoms with van der Waals surface area (Å²) < 4.78 is 13.8. The Hall–Kier alpha value is -2.61. The second-order valence-corrected chi connectivity index (χ2v) is 8.64. The molecule has 156 valence electrons. The molecule has 0 aliphatic carbocycles. The maximum absolute atomic E-state index is 12.2. The molecule has 1 N–H and O–H groups in total. The molecule has 2 heterocycles. The van der Waals surface area contributed by atoms with Gasteiger partial charge in [0.1, 0.15) is 0 Å². The molecule has 0 unspecified atom stereocenters. The summed E-state index contributed by atoms with van der Waals surface area (Å²) in [5.41, 5.74) is 1.44. The van der Waals surface area contributed by atoms with Crippen molar-refractivity contribution < 1.29 is 9.47 Å². The monoisotopic (exact) mass is 424 g/mol. The van der Waals surface area contributed by atoms with Gasteiger partial charge in [0.15, 0.2) is 0 Å². The molecular weight excluding hydrogens is 400 g/mol. The van der Waals surface area contributed by atoms with E-state index in [1.54, 1.807) is 22.5 Å². The van der Waals surface area contributed by atoms with Gasteiger partial charge in [-0.2, -0.15) is 0 Å². The Morgan fingerprint density at radius 2 is 1.60 bits per heavy atom. The van der Waals surface area contributed by atoms with Crippen LogP contribution in [0.5, 0.6) is 0 Å². The maximum Gasteiger partial charge on any atom is 0.329 e. The van der Waals surface area contributed by atoms with Gasteiger partial charge in [-0.15, -0.1) is 11.8 Å². The lowest BCUT2D eigenvalue weighted by Gasteiger charge is -2.19. The molecule has 0 radical (unpaired) electrons. The SMILES string of the molecule is O=c1ccn([C@@H]2C[C@H](OCc3ccccc3)[C@H](COCc3ccccc3)S2)c(=O)[nH]1. The van der Waals surface area contributed by atoms with E-state index in [0.717, 1.165) is 11.1 Å². The van der Waals surface area contributed by atoms with Gasteiger partial charge < -0.3 is 9.47 Å². The number of ether oxygens (including phenoxy) is 2. The van der Waals surface area contributed by atoms with E-state index >= 15 is 0 Å². The van der Waals surface area contributed by atoms with Gasteiger partial charge in [-0.25, -0.2) is 4.79 Å². The second kappa shape index (κ2) is 9.93. The highest BCUT2D eigenvalue weighted by Gasteiger charge is 2.37. The van der Waals surface area contributed by atoms with Crippen LogP contribution in [0.25, 0.3) is 0 Å². The van der Waals surface area contributed by atoms with Gasteiger partial charge in [0.2, 0.25) is 0 Å². The molecule has 7 heteroatoms. The summed E-state index contributed by atoms with van der Waals surface area (Å²) in [6.45, 7) is 1.56. The Bertz CT molecular complexity index is 1050. The van der Waals surface area contributed by atoms with Gasteiger partial charge in [-0.1, -0.05) is 60.7 Å². The number of aromatic nitrogens is 2. The molecule has 1 aliphatic heterocycles. The highest BCUT2D eigenvalue weighted by Crippen LogP contribution is 2.42. The summed E-state index contributed by atoms with van der Waals surface area (Å²) in [7, 11) is 0. The van der Waals surface area contributed by atoms with E-state index in [4.69, 9.17) is 9.47 Å². The Balaban J connectivity index is 1.43. The first-order chi connectivity index (χ1) is 14.7. The van der Waals surface area contributed by atoms with Crippen molar-refractivity contribution in [3.63, 3.8) is 0 Å². The lowest BCUT2D eigenvalue weighted by Crippen LogP contribution is -2.30. The van der Waals surface area contributed by atoms with Gasteiger partial charge in [-0.3, -0.25) is 14.3 Å². The highest BCUT2D eigenvalue weighted by molar-refractivity contribution is 8.00. The Kier molecular flexibility index (Phi) is 6.84. The molecule has 1 fully saturated rings. The summed E-state index contributed by atoms with van der Waals surface area (Å²) in [5, 5.41) is -0.0262. The van der Waals surface area contributed by atoms with Crippen LogP contribution < -0.4 is 11.2 Å². The van der Waals surface area contributed by atoms with E-state index in [0.29, 0.717) is 26.2 Å². The first-order valence-corrected chi connectivity index (χ1v) is 10.9. The average Bonchev–Trinajstić information content (AvgIpc) is 3.16. The molecule has 6 nitrogen and oxygen atoms in total. The van der Waals surface area contributed by atoms with Gasteiger partial charge in [0, 0.05) is 18.7 Å². The van der Waals surface area contributed by atoms with E-state index in [-0.39, 0.29) is 22.3 Å². The predicted molar refractivity (Wildman–Crippen MR) is 117 cm³/mol. The number of hydrogen-bond donors (Lipinski definition) is 1. The number of thioether (sulfide) groups is 1. The molecule has 30 heavy (non-hydrogen) atoms. The van der Waals surface area contributed by atoms with Crippen LogP contribution in [0, 0.1) is 0 Å². The zero-order chi connectivity index (χ0) is 20.8. The fourth-order valence-corrected chi connectivity index (χ4v) is 5.04. The Morgan fingerprint density at radius 1 is 0.933 bits per heavy atom. The summed E-state index contributed by atoms with van der Waals surface area (Å²) in [6.07, 6.45) is 2.16. The van der Waals surface area contributed by atoms with Crippen LogP contribution in [-0.2, 0) is 22.7 Å². The fraction of sp³-hybridized carbons (Fsp3) is 0.304. The van der Waals surface area contributed by atoms with E-state index in [2.05, 4.69) is 4.98 Å². The molecule has 0 spiro atoms. The topological polar surface area (TPSA) is 73.3 Å². The number of aromatic amines is 1. The van der Waals surface area contributed by atoms with Crippen molar-refractivity contribution >= 4 is 11.8 Å². The van der Waals surface area contributed by atoms with Crippen LogP contribution in [-0.4, -0.2) is 27.5 Å². The minimum atomic E-state index is -0.396. The molecule has 4 rings (SSSR count). The third-order valence-corrected chi connectivity index (χ3v) is 6.57. The van der Waals surface area contributed by atoms with Crippen molar-refractivity contribution in [1.82, 2.24) is 9.55 Å². The number of nitrogens with one attached hydrogen (secondary N) is 1. The van der Waals surface area contributed by atoms with Gasteiger partial charge in [0.05, 0.1) is 36.5 Å². The minimum absolute atomic E-state index is 0.0604. The highest BCUT2D eigenvalue weighted by atomic mass is 32.2. The molecule has 3 atom stereocenters. The summed E-state index contributed by atoms with van der Waals surface area (Å²) in [4.78, 5) is 26.0. The van der Waals surface area contributed by atoms with Crippen molar-refractivity contribution in [3.8, 4) is 0 Å². The van der Waals surface area contributed by atoms with Crippen LogP contribution in [0.4, 0.5) is 0 Å². The van der Waals surface area contributed by atoms with E-state index in [1.807, 2.05) is 60.7 Å². The van der Waals surface area contributed by atoms with Crippen molar-refractivity contribution in [3.05, 3.63) is 105 Å². The second-order valence-electron chi connectivity index (χ2n) is 7.22. The van der Waals surface area contributed by atoms with Crippen molar-refractivity contribution in [2.24, 2.45) is 0 Å². The van der Waals surface area contributed by atoms with E-state index in [1.165, 1.54) is 6.07 Å². The minimum Gasteiger partial charge on any atom is -0.376 e. The van der Waals surface area contributed by atoms with Crippen LogP contribution in [0.2, 0.25) is 0 Å². The fourth-order valence-electron chi connectivity index (χ4n) is 3.50.